The van der Waals surface area contributed by atoms with Gasteiger partial charge in [0.2, 0.25) is 11.0 Å². The number of anilines is 2. The third-order valence-corrected chi connectivity index (χ3v) is 7.27. The van der Waals surface area contributed by atoms with Crippen molar-refractivity contribution in [1.82, 2.24) is 30.1 Å². The molecule has 2 N–H and O–H groups in total. The number of aromatic nitrogens is 5. The van der Waals surface area contributed by atoms with Crippen molar-refractivity contribution >= 4 is 33.6 Å². The van der Waals surface area contributed by atoms with Gasteiger partial charge in [0.05, 0.1) is 52.9 Å². The van der Waals surface area contributed by atoms with E-state index in [4.69, 9.17) is 5.26 Å². The van der Waals surface area contributed by atoms with Gasteiger partial charge in [0.1, 0.15) is 12.1 Å². The molecule has 5 rings (SSSR count). The van der Waals surface area contributed by atoms with Crippen molar-refractivity contribution in [3.8, 4) is 34.1 Å². The molecule has 1 amide bonds. The molecule has 11 nitrogen and oxygen atoms in total. The van der Waals surface area contributed by atoms with Gasteiger partial charge < -0.3 is 15.5 Å². The molecular weight excluding hydrogens is 526 g/mol. The number of carbonyl (C=O) groups is 1. The highest BCUT2D eigenvalue weighted by Gasteiger charge is 2.45. The van der Waals surface area contributed by atoms with Crippen LogP contribution in [-0.2, 0) is 4.79 Å². The highest BCUT2D eigenvalue weighted by molar-refractivity contribution is 7.18. The lowest BCUT2D eigenvalue weighted by Crippen LogP contribution is -2.58. The van der Waals surface area contributed by atoms with Crippen molar-refractivity contribution in [3.63, 3.8) is 0 Å². The van der Waals surface area contributed by atoms with Crippen molar-refractivity contribution < 1.29 is 13.6 Å². The van der Waals surface area contributed by atoms with Crippen LogP contribution in [-0.4, -0.2) is 61.8 Å². The van der Waals surface area contributed by atoms with Gasteiger partial charge in [-0.15, -0.1) is 10.2 Å². The van der Waals surface area contributed by atoms with Crippen molar-refractivity contribution in [1.29, 1.82) is 10.5 Å². The minimum atomic E-state index is -3.13. The summed E-state index contributed by atoms with van der Waals surface area (Å²) in [5.41, 5.74) is 3.52. The summed E-state index contributed by atoms with van der Waals surface area (Å²) in [6, 6.07) is 9.56. The van der Waals surface area contributed by atoms with Gasteiger partial charge in [0.25, 0.3) is 5.92 Å². The Kier molecular flexibility index (Phi) is 6.80. The van der Waals surface area contributed by atoms with Crippen LogP contribution in [0.1, 0.15) is 25.8 Å². The van der Waals surface area contributed by atoms with E-state index in [1.165, 1.54) is 18.0 Å². The Morgan fingerprint density at radius 2 is 2.08 bits per heavy atom. The minimum Gasteiger partial charge on any atom is -0.369 e. The number of piperidine rings is 1. The second kappa shape index (κ2) is 10.2. The minimum absolute atomic E-state index is 0.0689. The van der Waals surface area contributed by atoms with Crippen molar-refractivity contribution in [3.05, 3.63) is 42.2 Å². The SMILES string of the molecule is CC(=O)N[C@H]1CCN(c2nnc(-c3cnc(-c4ccc5cc(C#N)cnn45)cc3N[C@H](C)C#N)s2)CC1(F)F. The maximum absolute atomic E-state index is 14.7. The normalized spacial score (nSPS) is 17.3. The van der Waals surface area contributed by atoms with E-state index in [0.29, 0.717) is 38.3 Å². The van der Waals surface area contributed by atoms with Crippen LogP contribution in [0.15, 0.2) is 36.7 Å². The van der Waals surface area contributed by atoms with E-state index in [0.717, 1.165) is 16.9 Å². The second-order valence-corrected chi connectivity index (χ2v) is 10.1. The van der Waals surface area contributed by atoms with Gasteiger partial charge in [-0.3, -0.25) is 9.78 Å². The van der Waals surface area contributed by atoms with Gasteiger partial charge in [0.15, 0.2) is 5.01 Å². The first-order chi connectivity index (χ1) is 18.7. The zero-order valence-electron chi connectivity index (χ0n) is 20.9. The van der Waals surface area contributed by atoms with Crippen LogP contribution in [0.25, 0.3) is 27.5 Å². The average Bonchev–Trinajstić information content (AvgIpc) is 3.56. The van der Waals surface area contributed by atoms with E-state index in [1.807, 2.05) is 12.1 Å². The number of hydrogen-bond acceptors (Lipinski definition) is 10. The van der Waals surface area contributed by atoms with Crippen LogP contribution in [0.5, 0.6) is 0 Å². The predicted molar refractivity (Wildman–Crippen MR) is 140 cm³/mol. The topological polar surface area (TPSA) is 148 Å². The molecule has 4 aromatic heterocycles. The van der Waals surface area contributed by atoms with Gasteiger partial charge >= 0.3 is 0 Å². The lowest BCUT2D eigenvalue weighted by molar-refractivity contribution is -0.124. The fourth-order valence-electron chi connectivity index (χ4n) is 4.38. The van der Waals surface area contributed by atoms with E-state index < -0.39 is 30.5 Å². The van der Waals surface area contributed by atoms with E-state index in [2.05, 4.69) is 43.1 Å². The van der Waals surface area contributed by atoms with E-state index in [9.17, 15) is 18.8 Å². The largest absolute Gasteiger partial charge is 0.369 e. The number of amides is 1. The average molecular weight is 549 g/mol. The van der Waals surface area contributed by atoms with E-state index >= 15 is 0 Å². The Morgan fingerprint density at radius 1 is 1.26 bits per heavy atom. The zero-order valence-corrected chi connectivity index (χ0v) is 21.7. The third-order valence-electron chi connectivity index (χ3n) is 6.25. The predicted octanol–water partition coefficient (Wildman–Crippen LogP) is 3.46. The Bertz CT molecular complexity index is 1640. The number of rotatable bonds is 6. The van der Waals surface area contributed by atoms with Crippen molar-refractivity contribution in [2.45, 2.75) is 38.3 Å². The second-order valence-electron chi connectivity index (χ2n) is 9.14. The first kappa shape index (κ1) is 25.9. The summed E-state index contributed by atoms with van der Waals surface area (Å²) in [5, 5.41) is 37.5. The first-order valence-corrected chi connectivity index (χ1v) is 12.8. The van der Waals surface area contributed by atoms with Crippen LogP contribution in [0, 0.1) is 22.7 Å². The lowest BCUT2D eigenvalue weighted by atomic mass is 10.0. The highest BCUT2D eigenvalue weighted by atomic mass is 32.1. The van der Waals surface area contributed by atoms with Crippen molar-refractivity contribution in [2.24, 2.45) is 0 Å². The molecule has 39 heavy (non-hydrogen) atoms. The standard InChI is InChI=1S/C25H22F2N10OS/c1-14(9-28)32-19-8-20(21-4-3-17-7-16(10-29)11-31-37(17)21)30-12-18(19)23-34-35-24(39-23)36-6-5-22(33-15(2)38)25(26,27)13-36/h3-4,7-8,11-12,14,22H,5-6,13H2,1-2H3,(H,30,32)(H,33,38)/t14-,22+/m1/s1. The number of fused-ring (bicyclic) bond motifs is 1. The summed E-state index contributed by atoms with van der Waals surface area (Å²) in [5.74, 6) is -3.62. The van der Waals surface area contributed by atoms with Gasteiger partial charge in [-0.25, -0.2) is 13.3 Å². The molecular formula is C25H22F2N10OS. The van der Waals surface area contributed by atoms with Gasteiger partial charge in [-0.1, -0.05) is 11.3 Å². The fraction of sp³-hybridized carbons (Fsp3) is 0.320. The number of nitriles is 2. The number of nitrogens with one attached hydrogen (secondary N) is 2. The Hall–Kier alpha value is -4.69. The van der Waals surface area contributed by atoms with Crippen LogP contribution >= 0.6 is 11.3 Å². The summed E-state index contributed by atoms with van der Waals surface area (Å²) in [6.45, 7) is 2.61. The smallest absolute Gasteiger partial charge is 0.285 e. The summed E-state index contributed by atoms with van der Waals surface area (Å²) in [4.78, 5) is 17.3. The molecule has 0 radical (unpaired) electrons. The Labute approximate surface area is 225 Å². The third kappa shape index (κ3) is 5.19. The van der Waals surface area contributed by atoms with Gasteiger partial charge in [-0.2, -0.15) is 15.6 Å². The molecule has 0 bridgehead atoms. The molecule has 1 aliphatic heterocycles. The molecule has 0 aromatic carbocycles. The monoisotopic (exact) mass is 548 g/mol. The Balaban J connectivity index is 1.46. The zero-order chi connectivity index (χ0) is 27.7. The maximum Gasteiger partial charge on any atom is 0.285 e. The number of halogens is 2. The van der Waals surface area contributed by atoms with E-state index in [-0.39, 0.29) is 13.0 Å². The number of nitrogens with zero attached hydrogens (tertiary/aromatic N) is 8. The number of pyridine rings is 1. The molecule has 198 valence electrons. The molecule has 1 aliphatic rings. The molecule has 14 heteroatoms. The maximum atomic E-state index is 14.7. The fourth-order valence-corrected chi connectivity index (χ4v) is 5.28. The number of carbonyl (C=O) groups excluding carboxylic acids is 1. The molecule has 0 saturated carbocycles. The van der Waals surface area contributed by atoms with Crippen LogP contribution in [0.2, 0.25) is 0 Å². The van der Waals surface area contributed by atoms with Gasteiger partial charge in [-0.05, 0) is 37.6 Å². The molecule has 0 spiro atoms. The number of alkyl halides is 2. The summed E-state index contributed by atoms with van der Waals surface area (Å²) < 4.78 is 31.1. The molecule has 5 heterocycles. The van der Waals surface area contributed by atoms with Crippen LogP contribution < -0.4 is 15.5 Å². The van der Waals surface area contributed by atoms with Crippen LogP contribution in [0.3, 0.4) is 0 Å². The van der Waals surface area contributed by atoms with Crippen LogP contribution in [0.4, 0.5) is 19.6 Å². The quantitative estimate of drug-likeness (QED) is 0.369. The lowest BCUT2D eigenvalue weighted by Gasteiger charge is -2.38. The summed E-state index contributed by atoms with van der Waals surface area (Å²) >= 11 is 1.14. The molecule has 0 aliphatic carbocycles. The molecule has 0 unspecified atom stereocenters. The molecule has 2 atom stereocenters. The first-order valence-electron chi connectivity index (χ1n) is 12.0. The highest BCUT2D eigenvalue weighted by Crippen LogP contribution is 2.38. The molecule has 4 aromatic rings. The molecule has 1 saturated heterocycles. The summed E-state index contributed by atoms with van der Waals surface area (Å²) in [6.07, 6.45) is 3.12. The molecule has 1 fully saturated rings. The number of hydrogen-bond donors (Lipinski definition) is 2. The summed E-state index contributed by atoms with van der Waals surface area (Å²) in [7, 11) is 0. The van der Waals surface area contributed by atoms with Crippen molar-refractivity contribution in [2.75, 3.05) is 23.3 Å². The Morgan fingerprint density at radius 3 is 2.79 bits per heavy atom. The van der Waals surface area contributed by atoms with Gasteiger partial charge in [0, 0.05) is 25.4 Å². The van der Waals surface area contributed by atoms with E-state index in [1.54, 1.807) is 29.8 Å².